The lowest BCUT2D eigenvalue weighted by atomic mass is 10.2. The zero-order valence-corrected chi connectivity index (χ0v) is 5.70. The predicted molar refractivity (Wildman–Crippen MR) is 31.1 cm³/mol. The van der Waals surface area contributed by atoms with Gasteiger partial charge in [-0.2, -0.15) is 5.26 Å². The van der Waals surface area contributed by atoms with Crippen molar-refractivity contribution in [2.24, 2.45) is 5.41 Å². The minimum Gasteiger partial charge on any atom is -0.198 e. The van der Waals surface area contributed by atoms with Crippen LogP contribution in [0.5, 0.6) is 0 Å². The van der Waals surface area contributed by atoms with Gasteiger partial charge in [-0.3, -0.25) is 0 Å². The van der Waals surface area contributed by atoms with Crippen molar-refractivity contribution in [2.75, 3.05) is 0 Å². The van der Waals surface area contributed by atoms with Gasteiger partial charge in [0.25, 0.3) is 0 Å². The Morgan fingerprint density at radius 1 is 2.00 bits per heavy atom. The van der Waals surface area contributed by atoms with Crippen LogP contribution in [-0.4, -0.2) is 4.83 Å². The molecule has 0 radical (unpaired) electrons. The monoisotopic (exact) mass is 159 g/mol. The normalized spacial score (nSPS) is 47.9. The van der Waals surface area contributed by atoms with Gasteiger partial charge in [0.05, 0.1) is 11.5 Å². The Bertz CT molecular complexity index is 127. The summed E-state index contributed by atoms with van der Waals surface area (Å²) in [4.78, 5) is 0.463. The minimum atomic E-state index is -0.0278. The van der Waals surface area contributed by atoms with Gasteiger partial charge in [0.15, 0.2) is 0 Å². The molecular weight excluding hydrogens is 154 g/mol. The van der Waals surface area contributed by atoms with Crippen LogP contribution in [0.1, 0.15) is 13.3 Å². The molecule has 0 spiro atoms. The number of alkyl halides is 1. The van der Waals surface area contributed by atoms with Gasteiger partial charge >= 0.3 is 0 Å². The van der Waals surface area contributed by atoms with Gasteiger partial charge in [0, 0.05) is 4.83 Å². The molecule has 1 saturated carbocycles. The van der Waals surface area contributed by atoms with E-state index in [2.05, 4.69) is 22.0 Å². The number of halogens is 1. The Morgan fingerprint density at radius 2 is 2.43 bits per heavy atom. The second-order valence-electron chi connectivity index (χ2n) is 2.20. The van der Waals surface area contributed by atoms with Crippen LogP contribution in [0.2, 0.25) is 0 Å². The SMILES string of the molecule is C[C@]1(C#N)C[C@@H]1Br. The standard InChI is InChI=1S/C5H6BrN/c1-5(3-7)2-4(5)6/h4H,2H2,1H3/t4-,5+/m0/s1. The summed E-state index contributed by atoms with van der Waals surface area (Å²) in [7, 11) is 0. The molecule has 38 valence electrons. The van der Waals surface area contributed by atoms with Crippen LogP contribution < -0.4 is 0 Å². The number of hydrogen-bond donors (Lipinski definition) is 0. The molecule has 0 aliphatic heterocycles. The Labute approximate surface area is 51.5 Å². The molecule has 2 heteroatoms. The van der Waals surface area contributed by atoms with Gasteiger partial charge in [-0.05, 0) is 13.3 Å². The maximum Gasteiger partial charge on any atom is 0.0699 e. The highest BCUT2D eigenvalue weighted by molar-refractivity contribution is 9.09. The first kappa shape index (κ1) is 5.11. The van der Waals surface area contributed by atoms with Crippen molar-refractivity contribution in [3.63, 3.8) is 0 Å². The zero-order chi connectivity index (χ0) is 5.49. The van der Waals surface area contributed by atoms with Gasteiger partial charge < -0.3 is 0 Å². The largest absolute Gasteiger partial charge is 0.198 e. The topological polar surface area (TPSA) is 23.8 Å². The van der Waals surface area contributed by atoms with Crippen LogP contribution in [-0.2, 0) is 0 Å². The molecule has 1 aliphatic carbocycles. The van der Waals surface area contributed by atoms with Crippen molar-refractivity contribution >= 4 is 15.9 Å². The maximum atomic E-state index is 8.36. The average molecular weight is 160 g/mol. The van der Waals surface area contributed by atoms with E-state index in [0.29, 0.717) is 4.83 Å². The third-order valence-electron chi connectivity index (χ3n) is 1.39. The molecule has 0 unspecified atom stereocenters. The summed E-state index contributed by atoms with van der Waals surface area (Å²) in [5.74, 6) is 0. The molecule has 7 heavy (non-hydrogen) atoms. The first-order chi connectivity index (χ1) is 3.19. The molecule has 0 aromatic carbocycles. The van der Waals surface area contributed by atoms with Crippen molar-refractivity contribution in [3.05, 3.63) is 0 Å². The summed E-state index contributed by atoms with van der Waals surface area (Å²) in [5.41, 5.74) is -0.0278. The van der Waals surface area contributed by atoms with E-state index in [1.165, 1.54) is 0 Å². The first-order valence-corrected chi connectivity index (χ1v) is 3.16. The lowest BCUT2D eigenvalue weighted by Gasteiger charge is -1.86. The highest BCUT2D eigenvalue weighted by Gasteiger charge is 2.48. The van der Waals surface area contributed by atoms with E-state index in [1.54, 1.807) is 0 Å². The van der Waals surface area contributed by atoms with Crippen molar-refractivity contribution in [2.45, 2.75) is 18.2 Å². The average Bonchev–Trinajstić information content (AvgIpc) is 2.18. The summed E-state index contributed by atoms with van der Waals surface area (Å²) in [6.07, 6.45) is 1.02. The van der Waals surface area contributed by atoms with Crippen LogP contribution in [0.15, 0.2) is 0 Å². The Balaban J connectivity index is 2.57. The maximum absolute atomic E-state index is 8.36. The van der Waals surface area contributed by atoms with E-state index < -0.39 is 0 Å². The molecule has 1 rings (SSSR count). The second-order valence-corrected chi connectivity index (χ2v) is 3.31. The quantitative estimate of drug-likeness (QED) is 0.494. The predicted octanol–water partition coefficient (Wildman–Crippen LogP) is 1.68. The fraction of sp³-hybridized carbons (Fsp3) is 0.800. The molecule has 0 aromatic heterocycles. The third-order valence-corrected chi connectivity index (χ3v) is 2.72. The van der Waals surface area contributed by atoms with E-state index in [1.807, 2.05) is 6.92 Å². The van der Waals surface area contributed by atoms with E-state index in [4.69, 9.17) is 5.26 Å². The third kappa shape index (κ3) is 0.657. The number of rotatable bonds is 0. The fourth-order valence-corrected chi connectivity index (χ4v) is 1.20. The first-order valence-electron chi connectivity index (χ1n) is 2.24. The van der Waals surface area contributed by atoms with E-state index in [0.717, 1.165) is 6.42 Å². The second kappa shape index (κ2) is 1.23. The van der Waals surface area contributed by atoms with Crippen LogP contribution in [0.4, 0.5) is 0 Å². The van der Waals surface area contributed by atoms with E-state index >= 15 is 0 Å². The summed E-state index contributed by atoms with van der Waals surface area (Å²) in [5, 5.41) is 8.36. The van der Waals surface area contributed by atoms with Gasteiger partial charge in [-0.25, -0.2) is 0 Å². The van der Waals surface area contributed by atoms with Gasteiger partial charge in [-0.15, -0.1) is 0 Å². The van der Waals surface area contributed by atoms with Crippen LogP contribution in [0.25, 0.3) is 0 Å². The number of hydrogen-bond acceptors (Lipinski definition) is 1. The van der Waals surface area contributed by atoms with Crippen LogP contribution >= 0.6 is 15.9 Å². The molecule has 0 bridgehead atoms. The molecule has 1 aliphatic rings. The highest BCUT2D eigenvalue weighted by atomic mass is 79.9. The van der Waals surface area contributed by atoms with Crippen molar-refractivity contribution in [3.8, 4) is 6.07 Å². The Morgan fingerprint density at radius 3 is 2.43 bits per heavy atom. The molecule has 0 saturated heterocycles. The molecule has 0 N–H and O–H groups in total. The minimum absolute atomic E-state index is 0.0278. The molecule has 0 amide bonds. The summed E-state index contributed by atoms with van der Waals surface area (Å²) < 4.78 is 0. The Kier molecular flexibility index (Phi) is 0.895. The molecule has 1 nitrogen and oxygen atoms in total. The lowest BCUT2D eigenvalue weighted by molar-refractivity contribution is 0.774. The van der Waals surface area contributed by atoms with Crippen molar-refractivity contribution in [1.82, 2.24) is 0 Å². The van der Waals surface area contributed by atoms with Crippen molar-refractivity contribution in [1.29, 1.82) is 5.26 Å². The number of nitriles is 1. The lowest BCUT2D eigenvalue weighted by Crippen LogP contribution is -1.88. The van der Waals surface area contributed by atoms with E-state index in [-0.39, 0.29) is 5.41 Å². The smallest absolute Gasteiger partial charge is 0.0699 e. The fourth-order valence-electron chi connectivity index (χ4n) is 0.429. The van der Waals surface area contributed by atoms with Crippen molar-refractivity contribution < 1.29 is 0 Å². The van der Waals surface area contributed by atoms with Gasteiger partial charge in [0.2, 0.25) is 0 Å². The number of nitrogens with zero attached hydrogens (tertiary/aromatic N) is 1. The highest BCUT2D eigenvalue weighted by Crippen LogP contribution is 2.50. The molecule has 0 heterocycles. The van der Waals surface area contributed by atoms with E-state index in [9.17, 15) is 0 Å². The van der Waals surface area contributed by atoms with Crippen LogP contribution in [0, 0.1) is 16.7 Å². The molecule has 1 fully saturated rings. The Hall–Kier alpha value is -0.0300. The summed E-state index contributed by atoms with van der Waals surface area (Å²) in [6, 6.07) is 2.22. The van der Waals surface area contributed by atoms with Gasteiger partial charge in [0.1, 0.15) is 0 Å². The zero-order valence-electron chi connectivity index (χ0n) is 4.11. The molecule has 2 atom stereocenters. The summed E-state index contributed by atoms with van der Waals surface area (Å²) >= 11 is 3.34. The van der Waals surface area contributed by atoms with Crippen LogP contribution in [0.3, 0.4) is 0 Å². The molecular formula is C5H6BrN. The summed E-state index contributed by atoms with van der Waals surface area (Å²) in [6.45, 7) is 1.96. The van der Waals surface area contributed by atoms with Gasteiger partial charge in [-0.1, -0.05) is 15.9 Å². The molecule has 0 aromatic rings.